The maximum absolute atomic E-state index is 12.9. The number of nitrogens with one attached hydrogen (secondary N) is 1. The van der Waals surface area contributed by atoms with Crippen molar-refractivity contribution in [3.8, 4) is 0 Å². The van der Waals surface area contributed by atoms with E-state index in [-0.39, 0.29) is 28.7 Å². The molecule has 2 N–H and O–H groups in total. The Balaban J connectivity index is 0.845. The van der Waals surface area contributed by atoms with Crippen molar-refractivity contribution in [2.75, 3.05) is 26.2 Å². The average Bonchev–Trinajstić information content (AvgIpc) is 3.10. The summed E-state index contributed by atoms with van der Waals surface area (Å²) in [6.45, 7) is 2.98. The monoisotopic (exact) mass is 492 g/mol. The Bertz CT molecular complexity index is 1160. The highest BCUT2D eigenvalue weighted by atomic mass is 19.4. The maximum Gasteiger partial charge on any atom is 0.436 e. The van der Waals surface area contributed by atoms with Crippen molar-refractivity contribution in [3.63, 3.8) is 0 Å². The van der Waals surface area contributed by atoms with Gasteiger partial charge in [-0.3, -0.25) is 5.10 Å². The van der Waals surface area contributed by atoms with Crippen molar-refractivity contribution in [2.45, 2.75) is 62.6 Å². The third-order valence-corrected chi connectivity index (χ3v) is 8.78. The third kappa shape index (κ3) is 3.47. The quantitative estimate of drug-likeness (QED) is 0.679. The molecule has 9 nitrogen and oxygen atoms in total. The Labute approximate surface area is 199 Å². The average molecular weight is 493 g/mol. The molecule has 3 saturated carbocycles. The number of oxazole rings is 1. The number of urea groups is 1. The van der Waals surface area contributed by atoms with Gasteiger partial charge in [0, 0.05) is 49.3 Å². The number of rotatable bonds is 4. The van der Waals surface area contributed by atoms with Gasteiger partial charge in [-0.25, -0.2) is 14.8 Å². The van der Waals surface area contributed by atoms with Gasteiger partial charge in [-0.15, -0.1) is 0 Å². The minimum atomic E-state index is -4.48. The number of likely N-dealkylation sites (tertiary alicyclic amines) is 2. The van der Waals surface area contributed by atoms with Gasteiger partial charge in [0.15, 0.2) is 17.4 Å². The van der Waals surface area contributed by atoms with Crippen LogP contribution in [-0.4, -0.2) is 67.3 Å². The van der Waals surface area contributed by atoms with E-state index < -0.39 is 17.5 Å². The third-order valence-electron chi connectivity index (χ3n) is 8.78. The summed E-state index contributed by atoms with van der Waals surface area (Å²) in [5.74, 6) is 2.06. The predicted octanol–water partition coefficient (Wildman–Crippen LogP) is 3.05. The minimum absolute atomic E-state index is 0.0913. The molecule has 5 aliphatic rings. The topological polar surface area (TPSA) is 111 Å². The van der Waals surface area contributed by atoms with Gasteiger partial charge >= 0.3 is 12.2 Å². The van der Waals surface area contributed by atoms with Gasteiger partial charge in [0.25, 0.3) is 0 Å². The van der Waals surface area contributed by atoms with Crippen LogP contribution in [0.1, 0.15) is 67.7 Å². The minimum Gasteiger partial charge on any atom is -0.448 e. The van der Waals surface area contributed by atoms with Crippen molar-refractivity contribution in [3.05, 3.63) is 29.5 Å². The lowest BCUT2D eigenvalue weighted by molar-refractivity contribution is -0.141. The fourth-order valence-corrected chi connectivity index (χ4v) is 6.79. The van der Waals surface area contributed by atoms with E-state index in [1.165, 1.54) is 0 Å². The van der Waals surface area contributed by atoms with Gasteiger partial charge in [0.05, 0.1) is 0 Å². The second-order valence-electron chi connectivity index (χ2n) is 11.8. The number of aromatic amines is 1. The summed E-state index contributed by atoms with van der Waals surface area (Å²) in [7, 11) is 0. The Morgan fingerprint density at radius 1 is 1.09 bits per heavy atom. The fraction of sp³-hybridized carbons (Fsp3) is 0.739. The molecule has 2 spiro atoms. The fourth-order valence-electron chi connectivity index (χ4n) is 6.79. The number of alkyl halides is 3. The van der Waals surface area contributed by atoms with E-state index in [1.807, 2.05) is 9.80 Å². The molecule has 5 fully saturated rings. The Morgan fingerprint density at radius 2 is 1.71 bits per heavy atom. The number of aromatic nitrogens is 4. The first-order chi connectivity index (χ1) is 16.5. The molecule has 35 heavy (non-hydrogen) atoms. The Kier molecular flexibility index (Phi) is 4.19. The van der Waals surface area contributed by atoms with E-state index in [9.17, 15) is 23.1 Å². The van der Waals surface area contributed by atoms with Crippen LogP contribution in [0.15, 0.2) is 10.7 Å². The summed E-state index contributed by atoms with van der Waals surface area (Å²) in [6.07, 6.45) is 1.79. The highest BCUT2D eigenvalue weighted by Crippen LogP contribution is 2.57. The molecule has 0 radical (unpaired) electrons. The molecule has 2 amide bonds. The number of hydrogen-bond donors (Lipinski definition) is 2. The standard InChI is InChI=1S/C23H27F3N6O3/c24-23(25,26)15-8-35-16(27-15)3-13-4-20(5-13)9-31(10-20)19(33)32-11-21(12-32)6-14(7-21)17-28-18(30-29-17)22(34)1-2-22/h8,13-14,34H,1-7,9-12H2,(H,28,29,30). The highest BCUT2D eigenvalue weighted by Gasteiger charge is 2.59. The van der Waals surface area contributed by atoms with Crippen LogP contribution in [0, 0.1) is 16.7 Å². The van der Waals surface area contributed by atoms with Gasteiger partial charge in [0.1, 0.15) is 17.7 Å². The van der Waals surface area contributed by atoms with Crippen LogP contribution in [0.25, 0.3) is 0 Å². The smallest absolute Gasteiger partial charge is 0.436 e. The lowest BCUT2D eigenvalue weighted by Gasteiger charge is -2.63. The summed E-state index contributed by atoms with van der Waals surface area (Å²) in [5.41, 5.74) is -1.51. The molecule has 2 aromatic rings. The van der Waals surface area contributed by atoms with E-state index in [1.54, 1.807) is 0 Å². The largest absolute Gasteiger partial charge is 0.448 e. The van der Waals surface area contributed by atoms with Crippen LogP contribution in [0.2, 0.25) is 0 Å². The van der Waals surface area contributed by atoms with E-state index in [0.29, 0.717) is 24.4 Å². The summed E-state index contributed by atoms with van der Waals surface area (Å²) < 4.78 is 43.0. The molecular weight excluding hydrogens is 465 g/mol. The van der Waals surface area contributed by atoms with Crippen molar-refractivity contribution in [1.29, 1.82) is 0 Å². The van der Waals surface area contributed by atoms with Crippen molar-refractivity contribution >= 4 is 6.03 Å². The van der Waals surface area contributed by atoms with Gasteiger partial charge < -0.3 is 19.3 Å². The van der Waals surface area contributed by atoms with Crippen LogP contribution in [0.4, 0.5) is 18.0 Å². The summed E-state index contributed by atoms with van der Waals surface area (Å²) in [4.78, 5) is 24.8. The molecule has 0 unspecified atom stereocenters. The molecule has 2 aromatic heterocycles. The normalized spacial score (nSPS) is 26.3. The molecule has 2 aliphatic heterocycles. The van der Waals surface area contributed by atoms with Gasteiger partial charge in [-0.2, -0.15) is 18.3 Å². The first-order valence-corrected chi connectivity index (χ1v) is 12.2. The predicted molar refractivity (Wildman–Crippen MR) is 113 cm³/mol. The van der Waals surface area contributed by atoms with Gasteiger partial charge in [0.2, 0.25) is 0 Å². The first kappa shape index (κ1) is 21.6. The molecule has 4 heterocycles. The molecule has 188 valence electrons. The zero-order valence-corrected chi connectivity index (χ0v) is 19.1. The molecule has 2 saturated heterocycles. The van der Waals surface area contributed by atoms with E-state index >= 15 is 0 Å². The number of amides is 2. The number of aliphatic hydroxyl groups is 1. The first-order valence-electron chi connectivity index (χ1n) is 12.2. The molecule has 3 aliphatic carbocycles. The molecule has 7 rings (SSSR count). The second kappa shape index (κ2) is 6.77. The summed E-state index contributed by atoms with van der Waals surface area (Å²) >= 11 is 0. The zero-order chi connectivity index (χ0) is 24.2. The maximum atomic E-state index is 12.9. The van der Waals surface area contributed by atoms with Crippen LogP contribution < -0.4 is 0 Å². The zero-order valence-electron chi connectivity index (χ0n) is 19.1. The Hall–Kier alpha value is -2.63. The van der Waals surface area contributed by atoms with E-state index in [4.69, 9.17) is 4.42 Å². The number of halogens is 3. The number of carbonyl (C=O) groups is 1. The lowest BCUT2D eigenvalue weighted by atomic mass is 9.56. The Morgan fingerprint density at radius 3 is 2.29 bits per heavy atom. The van der Waals surface area contributed by atoms with Crippen molar-refractivity contribution in [1.82, 2.24) is 30.0 Å². The van der Waals surface area contributed by atoms with Gasteiger partial charge in [-0.05, 0) is 44.4 Å². The van der Waals surface area contributed by atoms with Crippen LogP contribution >= 0.6 is 0 Å². The molecule has 12 heteroatoms. The number of H-pyrrole nitrogens is 1. The van der Waals surface area contributed by atoms with Gasteiger partial charge in [-0.1, -0.05) is 0 Å². The van der Waals surface area contributed by atoms with E-state index in [2.05, 4.69) is 20.2 Å². The number of carbonyl (C=O) groups excluding carboxylic acids is 1. The van der Waals surface area contributed by atoms with Crippen molar-refractivity contribution in [2.24, 2.45) is 16.7 Å². The SMILES string of the molecule is O=C(N1CC2(CC(Cc3nc(C(F)(F)F)co3)C2)C1)N1CC2(CC(c3nc(C4(O)CC4)n[nH]3)C2)C1. The van der Waals surface area contributed by atoms with E-state index in [0.717, 1.165) is 70.5 Å². The molecule has 0 atom stereocenters. The summed E-state index contributed by atoms with van der Waals surface area (Å²) in [6, 6.07) is 0.0913. The molecular formula is C23H27F3N6O3. The lowest BCUT2D eigenvalue weighted by Crippen LogP contribution is -2.70. The number of nitrogens with zero attached hydrogens (tertiary/aromatic N) is 5. The second-order valence-corrected chi connectivity index (χ2v) is 11.8. The summed E-state index contributed by atoms with van der Waals surface area (Å²) in [5, 5.41) is 17.3. The number of hydrogen-bond acceptors (Lipinski definition) is 6. The molecule has 0 aromatic carbocycles. The highest BCUT2D eigenvalue weighted by molar-refractivity contribution is 5.77. The molecule has 0 bridgehead atoms. The van der Waals surface area contributed by atoms with Crippen LogP contribution in [0.5, 0.6) is 0 Å². The van der Waals surface area contributed by atoms with Crippen LogP contribution in [0.3, 0.4) is 0 Å². The van der Waals surface area contributed by atoms with Crippen LogP contribution in [-0.2, 0) is 18.2 Å². The van der Waals surface area contributed by atoms with Crippen molar-refractivity contribution < 1.29 is 27.5 Å².